The molecule has 1 unspecified atom stereocenters. The molecule has 0 radical (unpaired) electrons. The molecule has 1 fully saturated rings. The van der Waals surface area contributed by atoms with E-state index in [0.717, 1.165) is 19.4 Å². The van der Waals surface area contributed by atoms with Crippen LogP contribution in [-0.4, -0.2) is 38.4 Å². The topological polar surface area (TPSA) is 51.0 Å². The van der Waals surface area contributed by atoms with Crippen LogP contribution < -0.4 is 0 Å². The number of nitrogens with zero attached hydrogens (tertiary/aromatic N) is 4. The molecule has 0 saturated carbocycles. The molecule has 1 aliphatic heterocycles. The number of rotatable bonds is 6. The Bertz CT molecular complexity index is 809. The molecule has 138 valence electrons. The number of hydrogen-bond acceptors (Lipinski definition) is 3. The fourth-order valence-electron chi connectivity index (χ4n) is 3.97. The molecule has 0 spiro atoms. The lowest BCUT2D eigenvalue weighted by atomic mass is 9.88. The van der Waals surface area contributed by atoms with Crippen molar-refractivity contribution in [2.45, 2.75) is 37.8 Å². The van der Waals surface area contributed by atoms with Crippen LogP contribution in [0.4, 0.5) is 0 Å². The van der Waals surface area contributed by atoms with Crippen molar-refractivity contribution in [3.8, 4) is 0 Å². The van der Waals surface area contributed by atoms with E-state index in [1.54, 1.807) is 17.2 Å². The SMILES string of the molecule is O=C(CC(c1ccccc1)c1ccccc1)N1CCCC1Cn1nccn1. The quantitative estimate of drug-likeness (QED) is 0.676. The summed E-state index contributed by atoms with van der Waals surface area (Å²) in [4.78, 5) is 16.9. The van der Waals surface area contributed by atoms with E-state index in [2.05, 4.69) is 34.5 Å². The van der Waals surface area contributed by atoms with Crippen molar-refractivity contribution in [1.29, 1.82) is 0 Å². The monoisotopic (exact) mass is 360 g/mol. The first-order valence-electron chi connectivity index (χ1n) is 9.55. The first-order valence-corrected chi connectivity index (χ1v) is 9.55. The predicted octanol–water partition coefficient (Wildman–Crippen LogP) is 3.49. The minimum Gasteiger partial charge on any atom is -0.338 e. The van der Waals surface area contributed by atoms with Gasteiger partial charge in [0.05, 0.1) is 25.0 Å². The Morgan fingerprint density at radius 1 is 0.963 bits per heavy atom. The van der Waals surface area contributed by atoms with Crippen molar-refractivity contribution in [2.24, 2.45) is 0 Å². The maximum atomic E-state index is 13.2. The molecule has 0 aliphatic carbocycles. The van der Waals surface area contributed by atoms with Gasteiger partial charge < -0.3 is 4.90 Å². The summed E-state index contributed by atoms with van der Waals surface area (Å²) in [6, 6.07) is 20.8. The predicted molar refractivity (Wildman–Crippen MR) is 104 cm³/mol. The van der Waals surface area contributed by atoms with Gasteiger partial charge in [-0.3, -0.25) is 4.79 Å². The van der Waals surface area contributed by atoms with Crippen LogP contribution in [0.25, 0.3) is 0 Å². The number of benzene rings is 2. The van der Waals surface area contributed by atoms with E-state index in [-0.39, 0.29) is 17.9 Å². The Labute approximate surface area is 159 Å². The Balaban J connectivity index is 1.53. The molecule has 1 amide bonds. The first-order chi connectivity index (χ1) is 13.3. The number of likely N-dealkylation sites (tertiary alicyclic amines) is 1. The van der Waals surface area contributed by atoms with Gasteiger partial charge >= 0.3 is 0 Å². The zero-order valence-corrected chi connectivity index (χ0v) is 15.3. The smallest absolute Gasteiger partial charge is 0.223 e. The lowest BCUT2D eigenvalue weighted by Crippen LogP contribution is -2.39. The Hall–Kier alpha value is -2.95. The fraction of sp³-hybridized carbons (Fsp3) is 0.318. The summed E-state index contributed by atoms with van der Waals surface area (Å²) in [5.41, 5.74) is 2.36. The van der Waals surface area contributed by atoms with Gasteiger partial charge in [0.1, 0.15) is 0 Å². The van der Waals surface area contributed by atoms with Gasteiger partial charge in [0, 0.05) is 18.9 Å². The molecule has 27 heavy (non-hydrogen) atoms. The Morgan fingerprint density at radius 3 is 2.15 bits per heavy atom. The molecular formula is C22H24N4O. The molecule has 0 bridgehead atoms. The highest BCUT2D eigenvalue weighted by molar-refractivity contribution is 5.78. The number of carbonyl (C=O) groups is 1. The number of amides is 1. The van der Waals surface area contributed by atoms with E-state index in [1.165, 1.54) is 11.1 Å². The molecule has 2 aromatic carbocycles. The summed E-state index contributed by atoms with van der Waals surface area (Å²) < 4.78 is 0. The first kappa shape index (κ1) is 17.5. The fourth-order valence-corrected chi connectivity index (χ4v) is 3.97. The molecule has 5 heteroatoms. The second-order valence-electron chi connectivity index (χ2n) is 7.05. The summed E-state index contributed by atoms with van der Waals surface area (Å²) in [7, 11) is 0. The second-order valence-corrected chi connectivity index (χ2v) is 7.05. The van der Waals surface area contributed by atoms with Crippen molar-refractivity contribution in [3.05, 3.63) is 84.2 Å². The molecule has 1 aliphatic rings. The zero-order valence-electron chi connectivity index (χ0n) is 15.3. The van der Waals surface area contributed by atoms with Crippen LogP contribution in [-0.2, 0) is 11.3 Å². The number of hydrogen-bond donors (Lipinski definition) is 0. The van der Waals surface area contributed by atoms with Gasteiger partial charge in [-0.05, 0) is 24.0 Å². The van der Waals surface area contributed by atoms with Crippen molar-refractivity contribution >= 4 is 5.91 Å². The Morgan fingerprint density at radius 2 is 1.56 bits per heavy atom. The summed E-state index contributed by atoms with van der Waals surface area (Å²) in [6.07, 6.45) is 5.90. The molecule has 5 nitrogen and oxygen atoms in total. The van der Waals surface area contributed by atoms with E-state index in [1.807, 2.05) is 41.3 Å². The van der Waals surface area contributed by atoms with Crippen molar-refractivity contribution in [2.75, 3.05) is 6.54 Å². The van der Waals surface area contributed by atoms with Crippen LogP contribution in [0.5, 0.6) is 0 Å². The van der Waals surface area contributed by atoms with Gasteiger partial charge in [-0.25, -0.2) is 0 Å². The highest BCUT2D eigenvalue weighted by atomic mass is 16.2. The van der Waals surface area contributed by atoms with Gasteiger partial charge in [-0.1, -0.05) is 60.7 Å². The maximum Gasteiger partial charge on any atom is 0.223 e. The summed E-state index contributed by atoms with van der Waals surface area (Å²) >= 11 is 0. The molecule has 1 saturated heterocycles. The van der Waals surface area contributed by atoms with E-state index >= 15 is 0 Å². The number of aromatic nitrogens is 3. The lowest BCUT2D eigenvalue weighted by molar-refractivity contribution is -0.132. The third kappa shape index (κ3) is 4.08. The molecule has 0 N–H and O–H groups in total. The standard InChI is InChI=1S/C22H24N4O/c27-22(25-15-7-12-20(25)17-26-23-13-14-24-26)16-21(18-8-3-1-4-9-18)19-10-5-2-6-11-19/h1-6,8-11,13-14,20-21H,7,12,15-17H2. The highest BCUT2D eigenvalue weighted by Gasteiger charge is 2.31. The maximum absolute atomic E-state index is 13.2. The van der Waals surface area contributed by atoms with Gasteiger partial charge in [-0.2, -0.15) is 15.0 Å². The largest absolute Gasteiger partial charge is 0.338 e. The molecule has 2 heterocycles. The van der Waals surface area contributed by atoms with Gasteiger partial charge in [0.15, 0.2) is 0 Å². The van der Waals surface area contributed by atoms with Crippen LogP contribution in [0.1, 0.15) is 36.3 Å². The minimum atomic E-state index is 0.0731. The summed E-state index contributed by atoms with van der Waals surface area (Å²) in [6.45, 7) is 1.49. The van der Waals surface area contributed by atoms with Crippen molar-refractivity contribution < 1.29 is 4.79 Å². The van der Waals surface area contributed by atoms with Gasteiger partial charge in [0.25, 0.3) is 0 Å². The summed E-state index contributed by atoms with van der Waals surface area (Å²) in [5.74, 6) is 0.284. The minimum absolute atomic E-state index is 0.0731. The lowest BCUT2D eigenvalue weighted by Gasteiger charge is -2.27. The number of carbonyl (C=O) groups excluding carboxylic acids is 1. The van der Waals surface area contributed by atoms with E-state index in [0.29, 0.717) is 13.0 Å². The summed E-state index contributed by atoms with van der Waals surface area (Å²) in [5, 5.41) is 8.39. The zero-order chi connectivity index (χ0) is 18.5. The van der Waals surface area contributed by atoms with Crippen molar-refractivity contribution in [1.82, 2.24) is 19.9 Å². The van der Waals surface area contributed by atoms with E-state index in [4.69, 9.17) is 0 Å². The van der Waals surface area contributed by atoms with Crippen molar-refractivity contribution in [3.63, 3.8) is 0 Å². The van der Waals surface area contributed by atoms with Gasteiger partial charge in [0.2, 0.25) is 5.91 Å². The Kier molecular flexibility index (Phi) is 5.28. The van der Waals surface area contributed by atoms with Crippen LogP contribution in [0, 0.1) is 0 Å². The van der Waals surface area contributed by atoms with E-state index in [9.17, 15) is 4.79 Å². The third-order valence-electron chi connectivity index (χ3n) is 5.32. The molecular weight excluding hydrogens is 336 g/mol. The van der Waals surface area contributed by atoms with Gasteiger partial charge in [-0.15, -0.1) is 0 Å². The average Bonchev–Trinajstić information content (AvgIpc) is 3.40. The van der Waals surface area contributed by atoms with E-state index < -0.39 is 0 Å². The molecule has 1 atom stereocenters. The third-order valence-corrected chi connectivity index (χ3v) is 5.32. The normalized spacial score (nSPS) is 16.8. The molecule has 3 aromatic rings. The van der Waals surface area contributed by atoms with Crippen LogP contribution in [0.3, 0.4) is 0 Å². The highest BCUT2D eigenvalue weighted by Crippen LogP contribution is 2.30. The van der Waals surface area contributed by atoms with Crippen LogP contribution >= 0.6 is 0 Å². The average molecular weight is 360 g/mol. The van der Waals surface area contributed by atoms with Crippen LogP contribution in [0.15, 0.2) is 73.1 Å². The second kappa shape index (κ2) is 8.16. The molecule has 4 rings (SSSR count). The molecule has 1 aromatic heterocycles. The van der Waals surface area contributed by atoms with Crippen LogP contribution in [0.2, 0.25) is 0 Å².